The number of hydrogen-bond acceptors (Lipinski definition) is 4. The zero-order valence-electron chi connectivity index (χ0n) is 17.7. The van der Waals surface area contributed by atoms with Gasteiger partial charge in [-0.15, -0.1) is 12.4 Å². The quantitative estimate of drug-likeness (QED) is 0.752. The highest BCUT2D eigenvalue weighted by molar-refractivity contribution is 5.96. The summed E-state index contributed by atoms with van der Waals surface area (Å²) in [4.78, 5) is 19.9. The number of likely N-dealkylation sites (tertiary alicyclic amines) is 2. The topological polar surface area (TPSA) is 36.0 Å². The van der Waals surface area contributed by atoms with Gasteiger partial charge in [-0.25, -0.2) is 0 Å². The van der Waals surface area contributed by atoms with Gasteiger partial charge in [0.15, 0.2) is 0 Å². The van der Waals surface area contributed by atoms with Crippen molar-refractivity contribution in [3.8, 4) is 5.75 Å². The fraction of sp³-hybridized carbons (Fsp3) is 0.458. The molecule has 2 aromatic carbocycles. The summed E-state index contributed by atoms with van der Waals surface area (Å²) in [7, 11) is 2.25. The van der Waals surface area contributed by atoms with Crippen LogP contribution in [0.25, 0.3) is 0 Å². The van der Waals surface area contributed by atoms with Crippen LogP contribution in [-0.2, 0) is 4.79 Å². The predicted octanol–water partition coefficient (Wildman–Crippen LogP) is 3.38. The molecule has 0 aromatic heterocycles. The van der Waals surface area contributed by atoms with Gasteiger partial charge < -0.3 is 9.64 Å². The minimum atomic E-state index is 0. The Morgan fingerprint density at radius 1 is 1.07 bits per heavy atom. The van der Waals surface area contributed by atoms with Crippen LogP contribution in [0.2, 0.25) is 0 Å². The Hall–Kier alpha value is -2.08. The van der Waals surface area contributed by atoms with Crippen molar-refractivity contribution in [2.45, 2.75) is 13.0 Å². The van der Waals surface area contributed by atoms with E-state index in [2.05, 4.69) is 48.0 Å². The van der Waals surface area contributed by atoms with Gasteiger partial charge in [-0.2, -0.15) is 0 Å². The van der Waals surface area contributed by atoms with Gasteiger partial charge >= 0.3 is 0 Å². The first-order valence-corrected chi connectivity index (χ1v) is 10.6. The van der Waals surface area contributed by atoms with E-state index in [9.17, 15) is 4.79 Å². The molecule has 6 heteroatoms. The number of anilines is 1. The maximum absolute atomic E-state index is 13.1. The van der Waals surface area contributed by atoms with Crippen LogP contribution in [0.3, 0.4) is 0 Å². The molecule has 0 bridgehead atoms. The van der Waals surface area contributed by atoms with Crippen LogP contribution in [-0.4, -0.2) is 62.1 Å². The second-order valence-electron chi connectivity index (χ2n) is 8.72. The lowest BCUT2D eigenvalue weighted by atomic mass is 9.88. The molecule has 2 saturated heterocycles. The van der Waals surface area contributed by atoms with E-state index in [1.807, 2.05) is 29.2 Å². The van der Waals surface area contributed by atoms with Crippen molar-refractivity contribution in [2.24, 2.45) is 11.8 Å². The Kier molecular flexibility index (Phi) is 6.05. The second kappa shape index (κ2) is 8.58. The average molecular weight is 428 g/mol. The van der Waals surface area contributed by atoms with Crippen molar-refractivity contribution >= 4 is 24.0 Å². The Labute approximate surface area is 185 Å². The molecule has 30 heavy (non-hydrogen) atoms. The van der Waals surface area contributed by atoms with Crippen LogP contribution in [0, 0.1) is 18.8 Å². The van der Waals surface area contributed by atoms with Gasteiger partial charge in [-0.05, 0) is 49.1 Å². The van der Waals surface area contributed by atoms with Crippen LogP contribution in [0.1, 0.15) is 17.2 Å². The van der Waals surface area contributed by atoms with E-state index in [-0.39, 0.29) is 18.3 Å². The number of carbonyl (C=O) groups is 1. The van der Waals surface area contributed by atoms with Crippen molar-refractivity contribution < 1.29 is 9.53 Å². The van der Waals surface area contributed by atoms with Crippen LogP contribution in [0.5, 0.6) is 5.75 Å². The van der Waals surface area contributed by atoms with Gasteiger partial charge in [0.25, 0.3) is 0 Å². The zero-order chi connectivity index (χ0) is 20.0. The third-order valence-electron chi connectivity index (χ3n) is 6.87. The predicted molar refractivity (Wildman–Crippen MR) is 122 cm³/mol. The molecular formula is C24H30ClN3O2. The summed E-state index contributed by atoms with van der Waals surface area (Å²) in [5.74, 6) is 2.22. The Morgan fingerprint density at radius 2 is 1.83 bits per heavy atom. The molecule has 2 fully saturated rings. The maximum atomic E-state index is 13.1. The van der Waals surface area contributed by atoms with Gasteiger partial charge in [0.1, 0.15) is 12.4 Å². The lowest BCUT2D eigenvalue weighted by Crippen LogP contribution is -2.44. The van der Waals surface area contributed by atoms with Crippen molar-refractivity contribution in [1.29, 1.82) is 0 Å². The number of aryl methyl sites for hydroxylation is 1. The molecule has 1 amide bonds. The number of nitrogens with zero attached hydrogens (tertiary/aromatic N) is 3. The first-order chi connectivity index (χ1) is 14.1. The number of fused-ring (bicyclic) bond motifs is 2. The van der Waals surface area contributed by atoms with Gasteiger partial charge in [0.2, 0.25) is 5.91 Å². The molecule has 0 radical (unpaired) electrons. The number of halogens is 1. The molecule has 0 unspecified atom stereocenters. The van der Waals surface area contributed by atoms with Gasteiger partial charge in [-0.3, -0.25) is 14.6 Å². The number of rotatable bonds is 3. The first-order valence-electron chi connectivity index (χ1n) is 10.6. The summed E-state index contributed by atoms with van der Waals surface area (Å²) in [5.41, 5.74) is 3.71. The molecule has 160 valence electrons. The Balaban J connectivity index is 0.00000218. The first kappa shape index (κ1) is 21.2. The second-order valence-corrected chi connectivity index (χ2v) is 8.72. The van der Waals surface area contributed by atoms with Crippen molar-refractivity contribution in [2.75, 3.05) is 51.3 Å². The summed E-state index contributed by atoms with van der Waals surface area (Å²) < 4.78 is 5.71. The van der Waals surface area contributed by atoms with Crippen molar-refractivity contribution in [3.05, 3.63) is 59.7 Å². The van der Waals surface area contributed by atoms with Gasteiger partial charge in [0, 0.05) is 25.7 Å². The smallest absolute Gasteiger partial charge is 0.241 e. The van der Waals surface area contributed by atoms with Crippen molar-refractivity contribution in [1.82, 2.24) is 9.80 Å². The summed E-state index contributed by atoms with van der Waals surface area (Å²) in [6.07, 6.45) is 0. The van der Waals surface area contributed by atoms with Crippen LogP contribution in [0.15, 0.2) is 48.5 Å². The molecule has 3 atom stereocenters. The standard InChI is InChI=1S/C24H29N3O2.ClH/c1-17-7-3-4-8-19(17)24-20-15-26(14-18(20)13-25(24)2)16-23(28)27-11-12-29-22-10-6-5-9-21(22)27;/h3-10,18,20,24H,11-16H2,1-2H3;1H/t18-,20+,24+;/m0./s1. The monoisotopic (exact) mass is 427 g/mol. The van der Waals surface area contributed by atoms with E-state index in [1.54, 1.807) is 0 Å². The lowest BCUT2D eigenvalue weighted by Gasteiger charge is -2.31. The normalized spacial score (nSPS) is 25.9. The van der Waals surface area contributed by atoms with E-state index in [0.717, 1.165) is 31.1 Å². The maximum Gasteiger partial charge on any atom is 0.241 e. The average Bonchev–Trinajstić information content (AvgIpc) is 3.23. The van der Waals surface area contributed by atoms with Gasteiger partial charge in [0.05, 0.1) is 18.8 Å². The molecule has 3 aliphatic heterocycles. The van der Waals surface area contributed by atoms with E-state index in [1.165, 1.54) is 11.1 Å². The third-order valence-corrected chi connectivity index (χ3v) is 6.87. The molecule has 0 N–H and O–H groups in total. The number of carbonyl (C=O) groups excluding carboxylic acids is 1. The van der Waals surface area contributed by atoms with E-state index in [0.29, 0.717) is 37.6 Å². The third kappa shape index (κ3) is 3.70. The van der Waals surface area contributed by atoms with E-state index in [4.69, 9.17) is 4.74 Å². The number of amides is 1. The fourth-order valence-electron chi connectivity index (χ4n) is 5.57. The summed E-state index contributed by atoms with van der Waals surface area (Å²) >= 11 is 0. The zero-order valence-corrected chi connectivity index (χ0v) is 18.5. The van der Waals surface area contributed by atoms with Crippen LogP contribution in [0.4, 0.5) is 5.69 Å². The highest BCUT2D eigenvalue weighted by atomic mass is 35.5. The number of para-hydroxylation sites is 2. The number of benzene rings is 2. The molecule has 0 spiro atoms. The molecule has 3 aliphatic rings. The fourth-order valence-corrected chi connectivity index (χ4v) is 5.57. The van der Waals surface area contributed by atoms with Gasteiger partial charge in [-0.1, -0.05) is 36.4 Å². The Morgan fingerprint density at radius 3 is 2.67 bits per heavy atom. The SMILES string of the molecule is Cc1ccccc1[C@@H]1[C@@H]2CN(CC(=O)N3CCOc4ccccc43)C[C@@H]2CN1C.Cl. The highest BCUT2D eigenvalue weighted by Gasteiger charge is 2.46. The summed E-state index contributed by atoms with van der Waals surface area (Å²) in [6.45, 7) is 7.00. The minimum absolute atomic E-state index is 0. The molecule has 3 heterocycles. The van der Waals surface area contributed by atoms with E-state index < -0.39 is 0 Å². The van der Waals surface area contributed by atoms with Crippen LogP contribution >= 0.6 is 12.4 Å². The summed E-state index contributed by atoms with van der Waals surface area (Å²) in [5, 5.41) is 0. The molecule has 0 saturated carbocycles. The Bertz CT molecular complexity index is 921. The lowest BCUT2D eigenvalue weighted by molar-refractivity contribution is -0.119. The molecule has 0 aliphatic carbocycles. The molecule has 5 nitrogen and oxygen atoms in total. The number of ether oxygens (including phenoxy) is 1. The largest absolute Gasteiger partial charge is 0.490 e. The van der Waals surface area contributed by atoms with E-state index >= 15 is 0 Å². The molecule has 2 aromatic rings. The highest BCUT2D eigenvalue weighted by Crippen LogP contribution is 2.44. The van der Waals surface area contributed by atoms with Crippen molar-refractivity contribution in [3.63, 3.8) is 0 Å². The minimum Gasteiger partial charge on any atom is -0.490 e. The molecule has 5 rings (SSSR count). The summed E-state index contributed by atoms with van der Waals surface area (Å²) in [6, 6.07) is 17.0. The van der Waals surface area contributed by atoms with Crippen LogP contribution < -0.4 is 9.64 Å². The molecular weight excluding hydrogens is 398 g/mol. The number of hydrogen-bond donors (Lipinski definition) is 0.